The molecule has 2 atom stereocenters. The van der Waals surface area contributed by atoms with Gasteiger partial charge in [0.05, 0.1) is 13.7 Å². The van der Waals surface area contributed by atoms with Crippen molar-refractivity contribution in [3.8, 4) is 5.75 Å². The number of aryl methyl sites for hydroxylation is 1. The van der Waals surface area contributed by atoms with E-state index in [1.807, 2.05) is 0 Å². The molecule has 118 valence electrons. The highest BCUT2D eigenvalue weighted by Gasteiger charge is 2.32. The zero-order valence-electron chi connectivity index (χ0n) is 13.7. The Morgan fingerprint density at radius 3 is 2.76 bits per heavy atom. The maximum absolute atomic E-state index is 5.40. The fourth-order valence-electron chi connectivity index (χ4n) is 3.40. The Balaban J connectivity index is 2.25. The van der Waals surface area contributed by atoms with Gasteiger partial charge in [-0.3, -0.25) is 4.90 Å². The van der Waals surface area contributed by atoms with Gasteiger partial charge in [0.2, 0.25) is 0 Å². The molecule has 2 rings (SSSR count). The molecule has 1 N–H and O–H groups in total. The predicted octanol–water partition coefficient (Wildman–Crippen LogP) is 2.24. The summed E-state index contributed by atoms with van der Waals surface area (Å²) < 4.78 is 10.7. The van der Waals surface area contributed by atoms with Crippen molar-refractivity contribution in [1.82, 2.24) is 10.2 Å². The molecule has 0 saturated carbocycles. The molecule has 1 aromatic carbocycles. The first-order chi connectivity index (χ1) is 10.2. The van der Waals surface area contributed by atoms with E-state index in [9.17, 15) is 0 Å². The molecule has 0 saturated heterocycles. The fourth-order valence-corrected chi connectivity index (χ4v) is 3.40. The summed E-state index contributed by atoms with van der Waals surface area (Å²) in [6.07, 6.45) is 2.31. The molecule has 1 aliphatic carbocycles. The molecule has 1 aliphatic rings. The number of nitrogens with zero attached hydrogens (tertiary/aromatic N) is 1. The van der Waals surface area contributed by atoms with Crippen LogP contribution in [0.25, 0.3) is 0 Å². The lowest BCUT2D eigenvalue weighted by molar-refractivity contribution is 0.0994. The van der Waals surface area contributed by atoms with Crippen LogP contribution < -0.4 is 10.1 Å². The van der Waals surface area contributed by atoms with Crippen LogP contribution in [-0.2, 0) is 11.2 Å². The van der Waals surface area contributed by atoms with Crippen LogP contribution in [0.1, 0.15) is 30.5 Å². The number of rotatable bonds is 7. The van der Waals surface area contributed by atoms with Crippen LogP contribution in [-0.4, -0.2) is 51.9 Å². The van der Waals surface area contributed by atoms with Crippen molar-refractivity contribution in [2.45, 2.75) is 31.8 Å². The Morgan fingerprint density at radius 1 is 1.33 bits per heavy atom. The third-order valence-corrected chi connectivity index (χ3v) is 4.55. The first-order valence-electron chi connectivity index (χ1n) is 7.82. The second-order valence-electron chi connectivity index (χ2n) is 5.56. The molecule has 0 amide bonds. The number of likely N-dealkylation sites (N-methyl/N-ethyl adjacent to an activating group) is 2. The molecule has 0 bridgehead atoms. The van der Waals surface area contributed by atoms with Gasteiger partial charge in [0, 0.05) is 25.7 Å². The maximum Gasteiger partial charge on any atom is 0.119 e. The van der Waals surface area contributed by atoms with E-state index < -0.39 is 0 Å². The van der Waals surface area contributed by atoms with Crippen LogP contribution in [0.15, 0.2) is 18.2 Å². The summed E-state index contributed by atoms with van der Waals surface area (Å²) in [5, 5.41) is 3.51. The molecule has 1 aromatic rings. The molecular formula is C17H28N2O2. The zero-order valence-corrected chi connectivity index (χ0v) is 13.7. The number of fused-ring (bicyclic) bond motifs is 1. The van der Waals surface area contributed by atoms with Gasteiger partial charge in [-0.15, -0.1) is 0 Å². The van der Waals surface area contributed by atoms with Gasteiger partial charge in [0.1, 0.15) is 5.75 Å². The molecule has 0 aliphatic heterocycles. The summed E-state index contributed by atoms with van der Waals surface area (Å²) in [4.78, 5) is 2.52. The summed E-state index contributed by atoms with van der Waals surface area (Å²) in [7, 11) is 5.55. The maximum atomic E-state index is 5.40. The molecule has 0 fully saturated rings. The Kier molecular flexibility index (Phi) is 6.03. The summed E-state index contributed by atoms with van der Waals surface area (Å²) in [6.45, 7) is 5.04. The van der Waals surface area contributed by atoms with Gasteiger partial charge in [0.15, 0.2) is 0 Å². The smallest absolute Gasteiger partial charge is 0.119 e. The lowest BCUT2D eigenvalue weighted by Crippen LogP contribution is -2.47. The Bertz CT molecular complexity index is 450. The normalized spacial score (nSPS) is 21.4. The van der Waals surface area contributed by atoms with E-state index in [0.717, 1.165) is 31.9 Å². The van der Waals surface area contributed by atoms with Crippen LogP contribution in [0.5, 0.6) is 5.75 Å². The number of hydrogen-bond donors (Lipinski definition) is 1. The van der Waals surface area contributed by atoms with Gasteiger partial charge >= 0.3 is 0 Å². The average Bonchev–Trinajstić information content (AvgIpc) is 2.54. The highest BCUT2D eigenvalue weighted by molar-refractivity contribution is 5.40. The number of benzene rings is 1. The minimum absolute atomic E-state index is 0.348. The number of ether oxygens (including phenoxy) is 2. The minimum atomic E-state index is 0.348. The molecule has 2 unspecified atom stereocenters. The zero-order chi connectivity index (χ0) is 15.2. The SMILES string of the molecule is CCN(CCOC)C1CCc2ccc(OC)cc2C1NC. The van der Waals surface area contributed by atoms with Gasteiger partial charge in [0.25, 0.3) is 0 Å². The monoisotopic (exact) mass is 292 g/mol. The van der Waals surface area contributed by atoms with E-state index in [0.29, 0.717) is 12.1 Å². The van der Waals surface area contributed by atoms with Crippen LogP contribution in [0.4, 0.5) is 0 Å². The van der Waals surface area contributed by atoms with Gasteiger partial charge in [-0.25, -0.2) is 0 Å². The first-order valence-corrected chi connectivity index (χ1v) is 7.82. The average molecular weight is 292 g/mol. The second kappa shape index (κ2) is 7.78. The Labute approximate surface area is 128 Å². The van der Waals surface area contributed by atoms with Gasteiger partial charge < -0.3 is 14.8 Å². The van der Waals surface area contributed by atoms with Gasteiger partial charge in [-0.2, -0.15) is 0 Å². The highest BCUT2D eigenvalue weighted by atomic mass is 16.5. The number of methoxy groups -OCH3 is 2. The number of nitrogens with one attached hydrogen (secondary N) is 1. The van der Waals surface area contributed by atoms with E-state index >= 15 is 0 Å². The summed E-state index contributed by atoms with van der Waals surface area (Å²) in [6, 6.07) is 7.32. The van der Waals surface area contributed by atoms with Gasteiger partial charge in [-0.1, -0.05) is 13.0 Å². The quantitative estimate of drug-likeness (QED) is 0.835. The van der Waals surface area contributed by atoms with Gasteiger partial charge in [-0.05, 0) is 49.7 Å². The van der Waals surface area contributed by atoms with Crippen molar-refractivity contribution in [3.05, 3.63) is 29.3 Å². The minimum Gasteiger partial charge on any atom is -0.497 e. The molecule has 0 radical (unpaired) electrons. The van der Waals surface area contributed by atoms with E-state index in [1.54, 1.807) is 14.2 Å². The van der Waals surface area contributed by atoms with Crippen molar-refractivity contribution in [1.29, 1.82) is 0 Å². The molecule has 4 nitrogen and oxygen atoms in total. The largest absolute Gasteiger partial charge is 0.497 e. The van der Waals surface area contributed by atoms with Crippen molar-refractivity contribution < 1.29 is 9.47 Å². The summed E-state index contributed by atoms with van der Waals surface area (Å²) in [5.41, 5.74) is 2.82. The molecular weight excluding hydrogens is 264 g/mol. The molecule has 0 spiro atoms. The van der Waals surface area contributed by atoms with E-state index in [1.165, 1.54) is 17.5 Å². The predicted molar refractivity (Wildman–Crippen MR) is 86.0 cm³/mol. The van der Waals surface area contributed by atoms with E-state index in [-0.39, 0.29) is 0 Å². The van der Waals surface area contributed by atoms with Crippen LogP contribution in [0.2, 0.25) is 0 Å². The number of hydrogen-bond acceptors (Lipinski definition) is 4. The lowest BCUT2D eigenvalue weighted by atomic mass is 9.83. The van der Waals surface area contributed by atoms with Crippen molar-refractivity contribution in [3.63, 3.8) is 0 Å². The first kappa shape index (κ1) is 16.3. The van der Waals surface area contributed by atoms with Crippen LogP contribution in [0, 0.1) is 0 Å². The topological polar surface area (TPSA) is 33.7 Å². The molecule has 21 heavy (non-hydrogen) atoms. The highest BCUT2D eigenvalue weighted by Crippen LogP contribution is 2.35. The fraction of sp³-hybridized carbons (Fsp3) is 0.647. The molecule has 0 aromatic heterocycles. The summed E-state index contributed by atoms with van der Waals surface area (Å²) in [5.74, 6) is 0.939. The van der Waals surface area contributed by atoms with E-state index in [4.69, 9.17) is 9.47 Å². The molecule has 0 heterocycles. The van der Waals surface area contributed by atoms with E-state index in [2.05, 4.69) is 42.4 Å². The lowest BCUT2D eigenvalue weighted by Gasteiger charge is -2.40. The van der Waals surface area contributed by atoms with Crippen molar-refractivity contribution >= 4 is 0 Å². The second-order valence-corrected chi connectivity index (χ2v) is 5.56. The van der Waals surface area contributed by atoms with Crippen molar-refractivity contribution in [2.24, 2.45) is 0 Å². The standard InChI is InChI=1S/C17H28N2O2/c1-5-19(10-11-20-3)16-9-7-13-6-8-14(21-4)12-15(13)17(16)18-2/h6,8,12,16-18H,5,7,9-11H2,1-4H3. The Hall–Kier alpha value is -1.10. The molecule has 4 heteroatoms. The Morgan fingerprint density at radius 2 is 2.14 bits per heavy atom. The van der Waals surface area contributed by atoms with Crippen molar-refractivity contribution in [2.75, 3.05) is 41.0 Å². The van der Waals surface area contributed by atoms with Crippen LogP contribution >= 0.6 is 0 Å². The van der Waals surface area contributed by atoms with Crippen LogP contribution in [0.3, 0.4) is 0 Å². The third kappa shape index (κ3) is 3.57. The third-order valence-electron chi connectivity index (χ3n) is 4.55. The summed E-state index contributed by atoms with van der Waals surface area (Å²) >= 11 is 0.